The van der Waals surface area contributed by atoms with Crippen LogP contribution in [0.15, 0.2) is 35.6 Å². The van der Waals surface area contributed by atoms with E-state index in [1.165, 1.54) is 30.0 Å². The summed E-state index contributed by atoms with van der Waals surface area (Å²) >= 11 is 0. The first-order chi connectivity index (χ1) is 12.7. The van der Waals surface area contributed by atoms with Crippen molar-refractivity contribution >= 4 is 23.3 Å². The normalized spacial score (nSPS) is 16.7. The first kappa shape index (κ1) is 20.1. The third kappa shape index (κ3) is 4.49. The highest BCUT2D eigenvalue weighted by Crippen LogP contribution is 2.38. The third-order valence-electron chi connectivity index (χ3n) is 4.36. The lowest BCUT2D eigenvalue weighted by Gasteiger charge is -2.26. The summed E-state index contributed by atoms with van der Waals surface area (Å²) in [7, 11) is 0. The lowest BCUT2D eigenvalue weighted by atomic mass is 9.96. The quantitative estimate of drug-likeness (QED) is 0.388. The molecule has 1 heterocycles. The number of non-ortho nitro benzene ring substituents is 1. The Balaban J connectivity index is 2.28. The fraction of sp³-hybridized carbons (Fsp3) is 0.389. The van der Waals surface area contributed by atoms with Crippen molar-refractivity contribution in [1.82, 2.24) is 4.90 Å². The van der Waals surface area contributed by atoms with Crippen molar-refractivity contribution in [1.29, 1.82) is 0 Å². The number of aliphatic hydroxyl groups is 1. The Morgan fingerprint density at radius 1 is 1.26 bits per heavy atom. The van der Waals surface area contributed by atoms with E-state index in [1.807, 2.05) is 0 Å². The molecule has 0 aliphatic carbocycles. The van der Waals surface area contributed by atoms with Crippen LogP contribution in [0.4, 0.5) is 5.69 Å². The van der Waals surface area contributed by atoms with Gasteiger partial charge in [0.15, 0.2) is 11.5 Å². The Morgan fingerprint density at radius 2 is 1.96 bits per heavy atom. The molecule has 1 aliphatic heterocycles. The standard InChI is InChI=1S/C18H20N2O7/c1-11(21)15-16(12-6-5-7-13(10-12)20(26)27)19(18(25)17(15)24)9-4-2-3-8-14(22)23/h5-7,10,16,24H,2-4,8-9H2,1H3,(H,22,23)/p-1/t16-/m0/s1. The van der Waals surface area contributed by atoms with Crippen LogP contribution in [0.2, 0.25) is 0 Å². The topological polar surface area (TPSA) is 141 Å². The van der Waals surface area contributed by atoms with E-state index in [4.69, 9.17) is 0 Å². The molecule has 1 amide bonds. The third-order valence-corrected chi connectivity index (χ3v) is 4.36. The molecule has 0 bridgehead atoms. The Morgan fingerprint density at radius 3 is 2.56 bits per heavy atom. The van der Waals surface area contributed by atoms with Gasteiger partial charge in [0.25, 0.3) is 11.6 Å². The summed E-state index contributed by atoms with van der Waals surface area (Å²) < 4.78 is 0. The minimum absolute atomic E-state index is 0.0928. The van der Waals surface area contributed by atoms with Gasteiger partial charge in [-0.3, -0.25) is 19.7 Å². The van der Waals surface area contributed by atoms with Crippen molar-refractivity contribution in [2.45, 2.75) is 38.6 Å². The maximum Gasteiger partial charge on any atom is 0.290 e. The molecule has 0 saturated carbocycles. The van der Waals surface area contributed by atoms with Crippen LogP contribution >= 0.6 is 0 Å². The van der Waals surface area contributed by atoms with E-state index >= 15 is 0 Å². The van der Waals surface area contributed by atoms with Crippen molar-refractivity contribution in [3.63, 3.8) is 0 Å². The molecule has 1 N–H and O–H groups in total. The monoisotopic (exact) mass is 375 g/mol. The predicted octanol–water partition coefficient (Wildman–Crippen LogP) is 1.19. The molecule has 0 saturated heterocycles. The average Bonchev–Trinajstić information content (AvgIpc) is 2.86. The van der Waals surface area contributed by atoms with Gasteiger partial charge in [-0.05, 0) is 31.7 Å². The summed E-state index contributed by atoms with van der Waals surface area (Å²) in [6.07, 6.45) is 1.24. The summed E-state index contributed by atoms with van der Waals surface area (Å²) in [6.45, 7) is 1.38. The number of ketones is 1. The Kier molecular flexibility index (Phi) is 6.27. The lowest BCUT2D eigenvalue weighted by molar-refractivity contribution is -0.384. The Labute approximate surface area is 155 Å². The summed E-state index contributed by atoms with van der Waals surface area (Å²) in [5.74, 6) is -3.04. The molecular weight excluding hydrogens is 356 g/mol. The number of aliphatic hydroxyl groups excluding tert-OH is 1. The number of benzene rings is 1. The van der Waals surface area contributed by atoms with Crippen LogP contribution in [0.3, 0.4) is 0 Å². The number of rotatable bonds is 9. The molecule has 0 spiro atoms. The first-order valence-corrected chi connectivity index (χ1v) is 8.43. The van der Waals surface area contributed by atoms with Gasteiger partial charge in [0, 0.05) is 24.6 Å². The van der Waals surface area contributed by atoms with Crippen molar-refractivity contribution < 1.29 is 29.5 Å². The summed E-state index contributed by atoms with van der Waals surface area (Å²) in [5.41, 5.74) is 0.0555. The molecule has 0 radical (unpaired) electrons. The number of carbonyl (C=O) groups is 3. The molecule has 1 atom stereocenters. The number of Topliss-reactive ketones (excluding diaryl/α,β-unsaturated/α-hetero) is 1. The van der Waals surface area contributed by atoms with E-state index < -0.39 is 34.4 Å². The van der Waals surface area contributed by atoms with Crippen LogP contribution in [0.25, 0.3) is 0 Å². The minimum Gasteiger partial charge on any atom is -0.550 e. The SMILES string of the molecule is CC(=O)C1=C(O)C(=O)N(CCCCCC(=O)[O-])[C@H]1c1cccc([N+](=O)[O-])c1. The van der Waals surface area contributed by atoms with Crippen LogP contribution in [-0.2, 0) is 14.4 Å². The van der Waals surface area contributed by atoms with Gasteiger partial charge in [0.1, 0.15) is 0 Å². The van der Waals surface area contributed by atoms with Crippen LogP contribution in [-0.4, -0.2) is 39.1 Å². The molecule has 1 aromatic rings. The number of hydrogen-bond acceptors (Lipinski definition) is 7. The van der Waals surface area contributed by atoms with Gasteiger partial charge in [0.2, 0.25) is 0 Å². The van der Waals surface area contributed by atoms with E-state index in [9.17, 15) is 34.7 Å². The zero-order valence-electron chi connectivity index (χ0n) is 14.7. The minimum atomic E-state index is -1.15. The van der Waals surface area contributed by atoms with E-state index in [1.54, 1.807) is 6.07 Å². The molecular formula is C18H19N2O7-. The maximum atomic E-state index is 12.4. The predicted molar refractivity (Wildman–Crippen MR) is 91.4 cm³/mol. The summed E-state index contributed by atoms with van der Waals surface area (Å²) in [6, 6.07) is 4.64. The van der Waals surface area contributed by atoms with Gasteiger partial charge in [-0.1, -0.05) is 18.6 Å². The van der Waals surface area contributed by atoms with Gasteiger partial charge in [0.05, 0.1) is 16.5 Å². The fourth-order valence-electron chi connectivity index (χ4n) is 3.13. The molecule has 1 aromatic carbocycles. The van der Waals surface area contributed by atoms with Gasteiger partial charge < -0.3 is 19.9 Å². The molecule has 9 heteroatoms. The highest BCUT2D eigenvalue weighted by molar-refractivity contribution is 6.08. The molecule has 144 valence electrons. The van der Waals surface area contributed by atoms with Crippen molar-refractivity contribution in [2.75, 3.05) is 6.54 Å². The first-order valence-electron chi connectivity index (χ1n) is 8.43. The zero-order valence-corrected chi connectivity index (χ0v) is 14.7. The van der Waals surface area contributed by atoms with Crippen molar-refractivity contribution in [2.24, 2.45) is 0 Å². The van der Waals surface area contributed by atoms with Gasteiger partial charge in [-0.2, -0.15) is 0 Å². The Bertz CT molecular complexity index is 816. The second-order valence-electron chi connectivity index (χ2n) is 6.25. The lowest BCUT2D eigenvalue weighted by Crippen LogP contribution is -2.32. The van der Waals surface area contributed by atoms with Crippen LogP contribution in [0, 0.1) is 10.1 Å². The molecule has 0 aromatic heterocycles. The van der Waals surface area contributed by atoms with E-state index in [0.717, 1.165) is 0 Å². The smallest absolute Gasteiger partial charge is 0.290 e. The molecule has 2 rings (SSSR count). The number of carboxylic acid groups (broad SMARTS) is 1. The molecule has 9 nitrogen and oxygen atoms in total. The van der Waals surface area contributed by atoms with Gasteiger partial charge in [-0.15, -0.1) is 0 Å². The van der Waals surface area contributed by atoms with Crippen LogP contribution in [0.1, 0.15) is 44.2 Å². The number of unbranched alkanes of at least 4 members (excludes halogenated alkanes) is 2. The zero-order chi connectivity index (χ0) is 20.1. The molecule has 0 unspecified atom stereocenters. The Hall–Kier alpha value is -3.23. The number of amides is 1. The number of hydrogen-bond donors (Lipinski definition) is 1. The van der Waals surface area contributed by atoms with E-state index in [2.05, 4.69) is 0 Å². The fourth-order valence-corrected chi connectivity index (χ4v) is 3.13. The van der Waals surface area contributed by atoms with Gasteiger partial charge >= 0.3 is 0 Å². The van der Waals surface area contributed by atoms with Crippen molar-refractivity contribution in [3.8, 4) is 0 Å². The molecule has 1 aliphatic rings. The molecule has 0 fully saturated rings. The van der Waals surface area contributed by atoms with E-state index in [-0.39, 0.29) is 24.2 Å². The number of nitro benzene ring substituents is 1. The van der Waals surface area contributed by atoms with Crippen LogP contribution in [0.5, 0.6) is 0 Å². The number of carbonyl (C=O) groups excluding carboxylic acids is 3. The van der Waals surface area contributed by atoms with Crippen LogP contribution < -0.4 is 5.11 Å². The number of carboxylic acids is 1. The largest absolute Gasteiger partial charge is 0.550 e. The second-order valence-corrected chi connectivity index (χ2v) is 6.25. The van der Waals surface area contributed by atoms with E-state index in [0.29, 0.717) is 24.8 Å². The number of nitro groups is 1. The highest BCUT2D eigenvalue weighted by Gasteiger charge is 2.42. The highest BCUT2D eigenvalue weighted by atomic mass is 16.6. The maximum absolute atomic E-state index is 12.4. The average molecular weight is 375 g/mol. The van der Waals surface area contributed by atoms with Gasteiger partial charge in [-0.25, -0.2) is 0 Å². The summed E-state index contributed by atoms with van der Waals surface area (Å²) in [4.78, 5) is 46.6. The van der Waals surface area contributed by atoms with Crippen molar-refractivity contribution in [3.05, 3.63) is 51.3 Å². The number of aliphatic carboxylic acids is 1. The molecule has 27 heavy (non-hydrogen) atoms. The summed E-state index contributed by atoms with van der Waals surface area (Å²) in [5, 5.41) is 31.6. The number of nitrogens with zero attached hydrogens (tertiary/aromatic N) is 2. The second kappa shape index (κ2) is 8.43.